The number of nitrogens with one attached hydrogen (secondary N) is 1. The van der Waals surface area contributed by atoms with E-state index in [-0.39, 0.29) is 28.9 Å². The number of rotatable bonds is 8. The molecule has 2 atom stereocenters. The van der Waals surface area contributed by atoms with Gasteiger partial charge in [-0.05, 0) is 43.2 Å². The number of hydrogen-bond acceptors (Lipinski definition) is 7. The molecule has 4 heterocycles. The van der Waals surface area contributed by atoms with Crippen molar-refractivity contribution >= 4 is 40.2 Å². The number of aromatic nitrogens is 3. The second kappa shape index (κ2) is 12.2. The van der Waals surface area contributed by atoms with Crippen LogP contribution in [0.2, 0.25) is 5.02 Å². The van der Waals surface area contributed by atoms with Gasteiger partial charge in [0, 0.05) is 44.1 Å². The summed E-state index contributed by atoms with van der Waals surface area (Å²) in [6.45, 7) is 6.02. The SMILES string of the molecule is C=CC(OC)N1CCCC=C(n2c(NC(=O)c3ccnc(C(F)(F)F)c3)nc3ccc(O[C@@H]4CCOC4)c(Cl)c32)C1. The minimum atomic E-state index is -4.70. The summed E-state index contributed by atoms with van der Waals surface area (Å²) in [5.74, 6) is -0.249. The Morgan fingerprint density at radius 3 is 2.88 bits per heavy atom. The molecule has 3 aromatic rings. The number of alkyl halides is 3. The van der Waals surface area contributed by atoms with Crippen LogP contribution in [-0.4, -0.2) is 71.1 Å². The van der Waals surface area contributed by atoms with E-state index in [0.29, 0.717) is 42.6 Å². The molecule has 2 aromatic heterocycles. The first-order chi connectivity index (χ1) is 19.7. The summed E-state index contributed by atoms with van der Waals surface area (Å²) in [7, 11) is 1.59. The van der Waals surface area contributed by atoms with Crippen LogP contribution in [0.4, 0.5) is 19.1 Å². The second-order valence-corrected chi connectivity index (χ2v) is 10.0. The fourth-order valence-electron chi connectivity index (χ4n) is 4.94. The van der Waals surface area contributed by atoms with E-state index in [0.717, 1.165) is 37.7 Å². The van der Waals surface area contributed by atoms with Gasteiger partial charge in [0.05, 0.1) is 24.2 Å². The molecule has 0 bridgehead atoms. The number of amides is 1. The number of imidazole rings is 1. The van der Waals surface area contributed by atoms with Crippen LogP contribution >= 0.6 is 11.6 Å². The zero-order valence-electron chi connectivity index (χ0n) is 22.3. The van der Waals surface area contributed by atoms with Gasteiger partial charge >= 0.3 is 6.18 Å². The number of allylic oxidation sites excluding steroid dienone is 1. The van der Waals surface area contributed by atoms with Crippen LogP contribution in [0.1, 0.15) is 35.3 Å². The zero-order valence-corrected chi connectivity index (χ0v) is 23.0. The van der Waals surface area contributed by atoms with Gasteiger partial charge in [0.25, 0.3) is 5.91 Å². The van der Waals surface area contributed by atoms with Crippen molar-refractivity contribution in [3.63, 3.8) is 0 Å². The van der Waals surface area contributed by atoms with E-state index < -0.39 is 17.8 Å². The highest BCUT2D eigenvalue weighted by Gasteiger charge is 2.33. The second-order valence-electron chi connectivity index (χ2n) is 9.67. The molecule has 1 N–H and O–H groups in total. The number of benzene rings is 1. The van der Waals surface area contributed by atoms with Gasteiger partial charge in [-0.2, -0.15) is 13.2 Å². The summed E-state index contributed by atoms with van der Waals surface area (Å²) in [5, 5.41) is 2.98. The highest BCUT2D eigenvalue weighted by Crippen LogP contribution is 2.38. The minimum Gasteiger partial charge on any atom is -0.486 e. The van der Waals surface area contributed by atoms with Crippen molar-refractivity contribution in [2.45, 2.75) is 37.8 Å². The van der Waals surface area contributed by atoms with Crippen LogP contribution in [0, 0.1) is 0 Å². The van der Waals surface area contributed by atoms with Crippen molar-refractivity contribution in [2.75, 3.05) is 38.7 Å². The van der Waals surface area contributed by atoms with Gasteiger partial charge < -0.3 is 14.2 Å². The van der Waals surface area contributed by atoms with Gasteiger partial charge in [-0.1, -0.05) is 24.3 Å². The summed E-state index contributed by atoms with van der Waals surface area (Å²) in [6, 6.07) is 5.34. The molecule has 0 spiro atoms. The Hall–Kier alpha value is -3.45. The third kappa shape index (κ3) is 6.25. The highest BCUT2D eigenvalue weighted by molar-refractivity contribution is 6.36. The van der Waals surface area contributed by atoms with Crippen molar-refractivity contribution in [1.82, 2.24) is 19.4 Å². The molecule has 0 saturated carbocycles. The van der Waals surface area contributed by atoms with E-state index in [4.69, 9.17) is 25.8 Å². The molecule has 2 aliphatic rings. The molecule has 41 heavy (non-hydrogen) atoms. The lowest BCUT2D eigenvalue weighted by atomic mass is 10.2. The van der Waals surface area contributed by atoms with Gasteiger partial charge in [0.1, 0.15) is 28.8 Å². The summed E-state index contributed by atoms with van der Waals surface area (Å²) < 4.78 is 58.6. The number of fused-ring (bicyclic) bond motifs is 1. The molecule has 5 rings (SSSR count). The Labute approximate surface area is 239 Å². The Morgan fingerprint density at radius 2 is 2.17 bits per heavy atom. The quantitative estimate of drug-likeness (QED) is 0.340. The molecule has 1 saturated heterocycles. The average Bonchev–Trinajstić information content (AvgIpc) is 3.53. The number of carbonyl (C=O) groups excluding carboxylic acids is 1. The maximum atomic E-state index is 13.3. The normalized spacial score (nSPS) is 19.0. The standard InChI is InChI=1S/C28H29ClF3N5O4/c1-3-23(39-2)36-12-5-4-6-18(15-36)37-25-20(7-8-21(24(25)29)41-19-10-13-40-16-19)34-27(37)35-26(38)17-9-11-33-22(14-17)28(30,31)32/h3,6-9,11,14,19,23H,1,4-5,10,12-13,15-16H2,2H3,(H,34,35,38)/t19-,23?/m1/s1. The van der Waals surface area contributed by atoms with Gasteiger partial charge in [0.15, 0.2) is 0 Å². The number of pyridine rings is 1. The number of halogens is 4. The molecule has 1 fully saturated rings. The predicted molar refractivity (Wildman–Crippen MR) is 148 cm³/mol. The topological polar surface area (TPSA) is 90.7 Å². The van der Waals surface area contributed by atoms with Crippen LogP contribution in [0.15, 0.2) is 49.2 Å². The molecule has 1 aromatic carbocycles. The Morgan fingerprint density at radius 1 is 1.34 bits per heavy atom. The highest BCUT2D eigenvalue weighted by atomic mass is 35.5. The van der Waals surface area contributed by atoms with Crippen molar-refractivity contribution in [1.29, 1.82) is 0 Å². The van der Waals surface area contributed by atoms with Crippen LogP contribution in [0.25, 0.3) is 16.7 Å². The number of carbonyl (C=O) groups is 1. The Bertz CT molecular complexity index is 1470. The molecular weight excluding hydrogens is 563 g/mol. The molecule has 0 aliphatic carbocycles. The van der Waals surface area contributed by atoms with Crippen molar-refractivity contribution in [3.8, 4) is 5.75 Å². The number of anilines is 1. The smallest absolute Gasteiger partial charge is 0.433 e. The van der Waals surface area contributed by atoms with Crippen molar-refractivity contribution in [3.05, 3.63) is 65.5 Å². The van der Waals surface area contributed by atoms with Gasteiger partial charge in [-0.25, -0.2) is 4.98 Å². The molecule has 218 valence electrons. The van der Waals surface area contributed by atoms with Gasteiger partial charge in [0.2, 0.25) is 5.95 Å². The largest absolute Gasteiger partial charge is 0.486 e. The van der Waals surface area contributed by atoms with E-state index in [2.05, 4.69) is 26.8 Å². The van der Waals surface area contributed by atoms with E-state index in [1.165, 1.54) is 6.07 Å². The van der Waals surface area contributed by atoms with Crippen LogP contribution in [0.3, 0.4) is 0 Å². The first kappa shape index (κ1) is 29.1. The van der Waals surface area contributed by atoms with Crippen LogP contribution < -0.4 is 10.1 Å². The molecule has 9 nitrogen and oxygen atoms in total. The Kier molecular flexibility index (Phi) is 8.64. The zero-order chi connectivity index (χ0) is 29.1. The number of methoxy groups -OCH3 is 1. The molecule has 1 amide bonds. The lowest BCUT2D eigenvalue weighted by Crippen LogP contribution is -2.37. The first-order valence-corrected chi connectivity index (χ1v) is 13.5. The monoisotopic (exact) mass is 591 g/mol. The molecule has 0 radical (unpaired) electrons. The lowest BCUT2D eigenvalue weighted by molar-refractivity contribution is -0.141. The average molecular weight is 592 g/mol. The maximum absolute atomic E-state index is 13.3. The maximum Gasteiger partial charge on any atom is 0.433 e. The predicted octanol–water partition coefficient (Wildman–Crippen LogP) is 5.62. The molecule has 13 heteroatoms. The summed E-state index contributed by atoms with van der Waals surface area (Å²) >= 11 is 6.92. The van der Waals surface area contributed by atoms with Crippen LogP contribution in [-0.2, 0) is 15.7 Å². The minimum absolute atomic E-state index is 0.0966. The van der Waals surface area contributed by atoms with Crippen LogP contribution in [0.5, 0.6) is 5.75 Å². The van der Waals surface area contributed by atoms with Crippen molar-refractivity contribution < 1.29 is 32.2 Å². The van der Waals surface area contributed by atoms with E-state index in [1.54, 1.807) is 29.9 Å². The molecule has 1 unspecified atom stereocenters. The van der Waals surface area contributed by atoms with Gasteiger partial charge in [-0.3, -0.25) is 24.6 Å². The first-order valence-electron chi connectivity index (χ1n) is 13.1. The third-order valence-corrected chi connectivity index (χ3v) is 7.29. The van der Waals surface area contributed by atoms with E-state index in [9.17, 15) is 18.0 Å². The fraction of sp³-hybridized carbons (Fsp3) is 0.393. The summed E-state index contributed by atoms with van der Waals surface area (Å²) in [5.41, 5.74) is 0.319. The van der Waals surface area contributed by atoms with E-state index >= 15 is 0 Å². The fourth-order valence-corrected chi connectivity index (χ4v) is 5.23. The molecule has 2 aliphatic heterocycles. The van der Waals surface area contributed by atoms with Crippen molar-refractivity contribution in [2.24, 2.45) is 0 Å². The molecular formula is C28H29ClF3N5O4. The number of hydrogen-bond donors (Lipinski definition) is 1. The third-order valence-electron chi connectivity index (χ3n) is 6.93. The lowest BCUT2D eigenvalue weighted by Gasteiger charge is -2.28. The number of nitrogens with zero attached hydrogens (tertiary/aromatic N) is 4. The van der Waals surface area contributed by atoms with Gasteiger partial charge in [-0.15, -0.1) is 0 Å². The summed E-state index contributed by atoms with van der Waals surface area (Å²) in [4.78, 5) is 23.3. The number of ether oxygens (including phenoxy) is 3. The Balaban J connectivity index is 1.59. The summed E-state index contributed by atoms with van der Waals surface area (Å²) in [6.07, 6.45) is 1.73. The van der Waals surface area contributed by atoms with E-state index in [1.807, 2.05) is 6.08 Å².